The summed E-state index contributed by atoms with van der Waals surface area (Å²) in [5.41, 5.74) is -7.76. The van der Waals surface area contributed by atoms with Gasteiger partial charge in [-0.05, 0) is 6.08 Å². The van der Waals surface area contributed by atoms with Crippen molar-refractivity contribution in [3.8, 4) is 0 Å². The first-order chi connectivity index (χ1) is 21.4. The summed E-state index contributed by atoms with van der Waals surface area (Å²) in [4.78, 5) is 101. The monoisotopic (exact) mass is 914 g/mol. The SMILES string of the molecule is O.O=C(O)C1=CCC(C(=O)O)([N+](=O)[O-])C=C1.O=C(O)C1=CCC(C(=O)[O-])([N+](=O)[O][Sb]2[O]C(=O)C3=CCC(C(=O)[O-])(C=C3)[N+](=O)[O]2)C=C1.[La]. The third-order valence-corrected chi connectivity index (χ3v) is 9.25. The molecule has 22 nitrogen and oxygen atoms in total. The molecular formula is C24H20LaN3O19Sb. The molecule has 48 heavy (non-hydrogen) atoms. The van der Waals surface area contributed by atoms with E-state index in [2.05, 4.69) is 0 Å². The minimum absolute atomic E-state index is 0. The molecule has 1 radical (unpaired) electrons. The molecule has 3 unspecified atom stereocenters. The molecule has 0 saturated carbocycles. The number of carboxylic acid groups (broad SMARTS) is 5. The van der Waals surface area contributed by atoms with Crippen molar-refractivity contribution in [1.29, 1.82) is 0 Å². The van der Waals surface area contributed by atoms with E-state index in [-0.39, 0.29) is 57.8 Å². The second-order valence-electron chi connectivity index (χ2n) is 9.39. The molecule has 2 heterocycles. The largest absolute Gasteiger partial charge is 0 e. The van der Waals surface area contributed by atoms with Gasteiger partial charge in [0.2, 0.25) is 0 Å². The molecule has 253 valence electrons. The number of nitro groups is 1. The molecule has 5 aliphatic rings. The molecule has 2 aliphatic heterocycles. The Labute approximate surface area is 302 Å². The van der Waals surface area contributed by atoms with Crippen LogP contribution in [0.5, 0.6) is 0 Å². The van der Waals surface area contributed by atoms with Crippen molar-refractivity contribution in [1.82, 2.24) is 0 Å². The first kappa shape index (κ1) is 41.5. The Kier molecular flexibility index (Phi) is 13.8. The predicted molar refractivity (Wildman–Crippen MR) is 139 cm³/mol. The Hall–Kier alpha value is -4.57. The van der Waals surface area contributed by atoms with Crippen molar-refractivity contribution in [3.05, 3.63) is 91.3 Å². The maximum atomic E-state index is 12.5. The van der Waals surface area contributed by atoms with Gasteiger partial charge < -0.3 is 15.7 Å². The van der Waals surface area contributed by atoms with Gasteiger partial charge in [0.05, 0.1) is 12.0 Å². The molecule has 24 heteroatoms. The van der Waals surface area contributed by atoms with Crippen LogP contribution >= 0.6 is 0 Å². The van der Waals surface area contributed by atoms with Crippen LogP contribution in [0.15, 0.2) is 71.4 Å². The van der Waals surface area contributed by atoms with Crippen LogP contribution in [-0.2, 0) is 38.0 Å². The van der Waals surface area contributed by atoms with E-state index in [1.54, 1.807) is 0 Å². The maximum absolute atomic E-state index is 12.5. The van der Waals surface area contributed by atoms with Gasteiger partial charge in [-0.1, -0.05) is 6.08 Å². The number of hydrogen-bond acceptors (Lipinski definition) is 15. The molecule has 5 rings (SSSR count). The van der Waals surface area contributed by atoms with Crippen molar-refractivity contribution in [3.63, 3.8) is 0 Å². The van der Waals surface area contributed by atoms with Crippen LogP contribution in [0.1, 0.15) is 19.3 Å². The average molecular weight is 915 g/mol. The van der Waals surface area contributed by atoms with Crippen LogP contribution in [0.4, 0.5) is 0 Å². The number of aliphatic carboxylic acids is 5. The van der Waals surface area contributed by atoms with E-state index in [1.807, 2.05) is 0 Å². The number of hydrogen-bond donors (Lipinski definition) is 3. The molecule has 0 spiro atoms. The molecular weight excluding hydrogens is 895 g/mol. The predicted octanol–water partition coefficient (Wildman–Crippen LogP) is -3.98. The van der Waals surface area contributed by atoms with Crippen LogP contribution in [0.25, 0.3) is 0 Å². The van der Waals surface area contributed by atoms with E-state index in [0.29, 0.717) is 6.08 Å². The summed E-state index contributed by atoms with van der Waals surface area (Å²) in [5.74, 6) is -9.17. The molecule has 0 saturated heterocycles. The van der Waals surface area contributed by atoms with Gasteiger partial charge in [-0.25, -0.2) is 9.59 Å². The third kappa shape index (κ3) is 8.10. The number of carbonyl (C=O) groups is 6. The summed E-state index contributed by atoms with van der Waals surface area (Å²) < 4.78 is 14.5. The van der Waals surface area contributed by atoms with Gasteiger partial charge in [-0.15, -0.1) is 0 Å². The molecule has 3 aliphatic carbocycles. The molecule has 0 aromatic carbocycles. The van der Waals surface area contributed by atoms with E-state index in [0.717, 1.165) is 48.6 Å². The fourth-order valence-corrected chi connectivity index (χ4v) is 6.37. The van der Waals surface area contributed by atoms with Gasteiger partial charge in [0.15, 0.2) is 0 Å². The van der Waals surface area contributed by atoms with Crippen molar-refractivity contribution < 1.29 is 119 Å². The Morgan fingerprint density at radius 3 is 1.73 bits per heavy atom. The Bertz CT molecular complexity index is 1650. The van der Waals surface area contributed by atoms with Crippen molar-refractivity contribution in [2.75, 3.05) is 0 Å². The Morgan fingerprint density at radius 1 is 0.854 bits per heavy atom. The first-order valence-electron chi connectivity index (χ1n) is 12.2. The van der Waals surface area contributed by atoms with Crippen LogP contribution in [0.3, 0.4) is 0 Å². The van der Waals surface area contributed by atoms with Crippen LogP contribution in [0, 0.1) is 55.5 Å². The van der Waals surface area contributed by atoms with Gasteiger partial charge in [0, 0.05) is 46.6 Å². The zero-order valence-electron chi connectivity index (χ0n) is 23.6. The summed E-state index contributed by atoms with van der Waals surface area (Å²) in [5, 5.41) is 59.9. The minimum atomic E-state index is -4.71. The van der Waals surface area contributed by atoms with Crippen LogP contribution in [-0.4, -0.2) is 109 Å². The standard InChI is InChI=1S/3C8H7NO6.La.H2O.Sb/c3*10-6(11)5-1-3-8(4-2-5,7(12)13)9(14)15;;;/h3*1-3H,4H2,(H,10,11)(H,12,13);;1H2;/q;;;;;+3/p-3. The zero-order valence-corrected chi connectivity index (χ0v) is 29.8. The summed E-state index contributed by atoms with van der Waals surface area (Å²) in [6.45, 7) is 0. The van der Waals surface area contributed by atoms with Crippen LogP contribution < -0.4 is 10.2 Å². The first-order valence-corrected chi connectivity index (χ1v) is 15.3. The maximum Gasteiger partial charge on any atom is 0 e. The number of nitrogens with zero attached hydrogens (tertiary/aromatic N) is 3. The molecule has 0 aromatic rings. The van der Waals surface area contributed by atoms with Crippen molar-refractivity contribution in [2.24, 2.45) is 0 Å². The van der Waals surface area contributed by atoms with E-state index in [1.165, 1.54) is 0 Å². The van der Waals surface area contributed by atoms with Gasteiger partial charge >= 0.3 is 198 Å². The van der Waals surface area contributed by atoms with Crippen LogP contribution in [0.2, 0.25) is 0 Å². The average Bonchev–Trinajstić information content (AvgIpc) is 3.08. The third-order valence-electron chi connectivity index (χ3n) is 6.74. The van der Waals surface area contributed by atoms with E-state index >= 15 is 0 Å². The van der Waals surface area contributed by atoms with Gasteiger partial charge in [-0.3, -0.25) is 10.1 Å². The van der Waals surface area contributed by atoms with Gasteiger partial charge in [0.25, 0.3) is 0 Å². The molecule has 2 bridgehead atoms. The topological polar surface area (TPSA) is 352 Å². The van der Waals surface area contributed by atoms with Crippen molar-refractivity contribution in [2.45, 2.75) is 35.9 Å². The smallest absolute Gasteiger partial charge is 0 e. The minimum Gasteiger partial charge on any atom is 0 e. The van der Waals surface area contributed by atoms with E-state index in [9.17, 15) is 58.9 Å². The Morgan fingerprint density at radius 2 is 1.38 bits per heavy atom. The number of rotatable bonds is 9. The number of fused-ring (bicyclic) bond motifs is 5. The zero-order chi connectivity index (χ0) is 34.6. The second kappa shape index (κ2) is 16.0. The molecule has 0 amide bonds. The summed E-state index contributed by atoms with van der Waals surface area (Å²) in [6, 6.07) is 0. The summed E-state index contributed by atoms with van der Waals surface area (Å²) >= 11 is -4.71. The molecule has 0 fully saturated rings. The molecule has 5 N–H and O–H groups in total. The Balaban J connectivity index is 0.000000575. The number of carbonyl (C=O) groups excluding carboxylic acids is 3. The summed E-state index contributed by atoms with van der Waals surface area (Å²) in [6.07, 6.45) is 6.48. The van der Waals surface area contributed by atoms with Gasteiger partial charge in [-0.2, -0.15) is 0 Å². The van der Waals surface area contributed by atoms with E-state index in [4.69, 9.17) is 24.6 Å². The quantitative estimate of drug-likeness (QED) is 0.113. The van der Waals surface area contributed by atoms with E-state index < -0.39 is 108 Å². The fraction of sp³-hybridized carbons (Fsp3) is 0.250. The normalized spacial score (nSPS) is 25.5. The fourth-order valence-electron chi connectivity index (χ4n) is 3.89. The second-order valence-corrected chi connectivity index (χ2v) is 12.1. The number of carboxylic acids is 5. The molecule has 3 atom stereocenters. The summed E-state index contributed by atoms with van der Waals surface area (Å²) in [7, 11) is 0. The molecule has 0 aromatic heterocycles. The van der Waals surface area contributed by atoms with Gasteiger partial charge in [0.1, 0.15) is 0 Å². The van der Waals surface area contributed by atoms with Crippen molar-refractivity contribution >= 4 is 57.3 Å².